The standard InChI is InChI=1S/C17H22N2O2/c20-17(16-9-12-3-1-2-4-15(12)21-16)19-7-5-13-10-18-11-14(13)6-8-19/h1-4,13-14,16,18H,5-11H2/t13-,14+,16?. The monoisotopic (exact) mass is 286 g/mol. The molecule has 1 N–H and O–H groups in total. The lowest BCUT2D eigenvalue weighted by Gasteiger charge is -2.24. The van der Waals surface area contributed by atoms with Crippen LogP contribution in [0.2, 0.25) is 0 Å². The van der Waals surface area contributed by atoms with E-state index in [4.69, 9.17) is 4.74 Å². The van der Waals surface area contributed by atoms with Crippen LogP contribution in [0.4, 0.5) is 0 Å². The first kappa shape index (κ1) is 13.1. The van der Waals surface area contributed by atoms with Crippen molar-refractivity contribution in [2.24, 2.45) is 11.8 Å². The van der Waals surface area contributed by atoms with Gasteiger partial charge < -0.3 is 15.0 Å². The zero-order chi connectivity index (χ0) is 14.2. The predicted octanol–water partition coefficient (Wildman–Crippen LogP) is 1.45. The lowest BCUT2D eigenvalue weighted by Crippen LogP contribution is -2.42. The van der Waals surface area contributed by atoms with Crippen molar-refractivity contribution in [2.75, 3.05) is 26.2 Å². The largest absolute Gasteiger partial charge is 0.480 e. The zero-order valence-corrected chi connectivity index (χ0v) is 12.3. The minimum absolute atomic E-state index is 0.180. The molecule has 2 saturated heterocycles. The number of hydrogen-bond donors (Lipinski definition) is 1. The lowest BCUT2D eigenvalue weighted by atomic mass is 9.92. The molecule has 2 fully saturated rings. The third-order valence-corrected chi connectivity index (χ3v) is 5.25. The second-order valence-corrected chi connectivity index (χ2v) is 6.50. The fourth-order valence-electron chi connectivity index (χ4n) is 3.96. The van der Waals surface area contributed by atoms with Gasteiger partial charge in [0, 0.05) is 19.5 Å². The van der Waals surface area contributed by atoms with Crippen LogP contribution in [0.25, 0.3) is 0 Å². The number of benzene rings is 1. The molecule has 3 atom stereocenters. The van der Waals surface area contributed by atoms with Gasteiger partial charge >= 0.3 is 0 Å². The molecule has 4 nitrogen and oxygen atoms in total. The average Bonchev–Trinajstić information content (AvgIpc) is 3.09. The summed E-state index contributed by atoms with van der Waals surface area (Å²) in [6, 6.07) is 7.99. The Bertz CT molecular complexity index is 506. The molecular weight excluding hydrogens is 264 g/mol. The first-order valence-electron chi connectivity index (χ1n) is 8.05. The minimum Gasteiger partial charge on any atom is -0.480 e. The van der Waals surface area contributed by atoms with Crippen molar-refractivity contribution in [3.8, 4) is 5.75 Å². The van der Waals surface area contributed by atoms with Crippen molar-refractivity contribution in [1.29, 1.82) is 0 Å². The molecule has 0 aliphatic carbocycles. The highest BCUT2D eigenvalue weighted by molar-refractivity contribution is 5.82. The molecule has 0 saturated carbocycles. The zero-order valence-electron chi connectivity index (χ0n) is 12.3. The van der Waals surface area contributed by atoms with Gasteiger partial charge in [-0.25, -0.2) is 0 Å². The fraction of sp³-hybridized carbons (Fsp3) is 0.588. The number of carbonyl (C=O) groups excluding carboxylic acids is 1. The predicted molar refractivity (Wildman–Crippen MR) is 80.2 cm³/mol. The number of carbonyl (C=O) groups is 1. The van der Waals surface area contributed by atoms with Gasteiger partial charge in [-0.3, -0.25) is 4.79 Å². The van der Waals surface area contributed by atoms with E-state index in [2.05, 4.69) is 11.4 Å². The summed E-state index contributed by atoms with van der Waals surface area (Å²) in [5.41, 5.74) is 1.16. The molecular formula is C17H22N2O2. The summed E-state index contributed by atoms with van der Waals surface area (Å²) in [6.07, 6.45) is 2.67. The Morgan fingerprint density at radius 1 is 1.14 bits per heavy atom. The molecule has 0 aromatic heterocycles. The molecule has 0 bridgehead atoms. The van der Waals surface area contributed by atoms with Gasteiger partial charge in [-0.1, -0.05) is 18.2 Å². The summed E-state index contributed by atoms with van der Waals surface area (Å²) in [7, 11) is 0. The third-order valence-electron chi connectivity index (χ3n) is 5.25. The van der Waals surface area contributed by atoms with E-state index in [1.807, 2.05) is 23.1 Å². The molecule has 112 valence electrons. The van der Waals surface area contributed by atoms with Gasteiger partial charge in [-0.05, 0) is 49.4 Å². The number of likely N-dealkylation sites (tertiary alicyclic amines) is 1. The van der Waals surface area contributed by atoms with Crippen LogP contribution in [0.5, 0.6) is 5.75 Å². The van der Waals surface area contributed by atoms with Crippen molar-refractivity contribution in [2.45, 2.75) is 25.4 Å². The van der Waals surface area contributed by atoms with Gasteiger partial charge in [0.05, 0.1) is 0 Å². The van der Waals surface area contributed by atoms with E-state index in [1.54, 1.807) is 0 Å². The molecule has 1 aromatic carbocycles. The smallest absolute Gasteiger partial charge is 0.263 e. The molecule has 1 unspecified atom stereocenters. The molecule has 4 rings (SSSR count). The van der Waals surface area contributed by atoms with Gasteiger partial charge in [0.1, 0.15) is 5.75 Å². The Hall–Kier alpha value is -1.55. The van der Waals surface area contributed by atoms with Crippen LogP contribution in [0.3, 0.4) is 0 Å². The first-order chi connectivity index (χ1) is 10.3. The molecule has 0 radical (unpaired) electrons. The summed E-state index contributed by atoms with van der Waals surface area (Å²) in [5.74, 6) is 2.57. The van der Waals surface area contributed by atoms with Crippen molar-refractivity contribution in [1.82, 2.24) is 10.2 Å². The van der Waals surface area contributed by atoms with Crippen LogP contribution in [-0.4, -0.2) is 43.1 Å². The van der Waals surface area contributed by atoms with E-state index in [0.29, 0.717) is 0 Å². The van der Waals surface area contributed by atoms with E-state index < -0.39 is 0 Å². The SMILES string of the molecule is O=C(C1Cc2ccccc2O1)N1CC[C@@H]2CNC[C@@H]2CC1. The van der Waals surface area contributed by atoms with Crippen molar-refractivity contribution < 1.29 is 9.53 Å². The maximum atomic E-state index is 12.7. The van der Waals surface area contributed by atoms with Crippen molar-refractivity contribution >= 4 is 5.91 Å². The topological polar surface area (TPSA) is 41.6 Å². The maximum Gasteiger partial charge on any atom is 0.263 e. The number of rotatable bonds is 1. The van der Waals surface area contributed by atoms with E-state index in [9.17, 15) is 4.79 Å². The van der Waals surface area contributed by atoms with E-state index in [1.165, 1.54) is 0 Å². The summed E-state index contributed by atoms with van der Waals surface area (Å²) >= 11 is 0. The Kier molecular flexibility index (Phi) is 3.34. The molecule has 3 aliphatic rings. The fourth-order valence-corrected chi connectivity index (χ4v) is 3.96. The van der Waals surface area contributed by atoms with Gasteiger partial charge in [0.25, 0.3) is 5.91 Å². The van der Waals surface area contributed by atoms with Gasteiger partial charge in [0.15, 0.2) is 6.10 Å². The van der Waals surface area contributed by atoms with Crippen molar-refractivity contribution in [3.63, 3.8) is 0 Å². The highest BCUT2D eigenvalue weighted by Crippen LogP contribution is 2.31. The number of nitrogens with zero attached hydrogens (tertiary/aromatic N) is 1. The number of nitrogens with one attached hydrogen (secondary N) is 1. The molecule has 0 spiro atoms. The second-order valence-electron chi connectivity index (χ2n) is 6.50. The maximum absolute atomic E-state index is 12.7. The quantitative estimate of drug-likeness (QED) is 0.849. The molecule has 1 aromatic rings. The van der Waals surface area contributed by atoms with E-state index in [0.717, 1.165) is 68.6 Å². The molecule has 4 heteroatoms. The Labute approximate surface area is 125 Å². The van der Waals surface area contributed by atoms with E-state index >= 15 is 0 Å². The Morgan fingerprint density at radius 2 is 1.86 bits per heavy atom. The molecule has 21 heavy (non-hydrogen) atoms. The van der Waals surface area contributed by atoms with E-state index in [-0.39, 0.29) is 12.0 Å². The highest BCUT2D eigenvalue weighted by atomic mass is 16.5. The number of hydrogen-bond acceptors (Lipinski definition) is 3. The van der Waals surface area contributed by atoms with Crippen molar-refractivity contribution in [3.05, 3.63) is 29.8 Å². The minimum atomic E-state index is -0.307. The van der Waals surface area contributed by atoms with Crippen LogP contribution in [0.15, 0.2) is 24.3 Å². The van der Waals surface area contributed by atoms with Crippen LogP contribution in [0, 0.1) is 11.8 Å². The normalized spacial score (nSPS) is 31.2. The Balaban J connectivity index is 1.42. The van der Waals surface area contributed by atoms with Gasteiger partial charge in [-0.2, -0.15) is 0 Å². The highest BCUT2D eigenvalue weighted by Gasteiger charge is 2.36. The van der Waals surface area contributed by atoms with Crippen LogP contribution < -0.4 is 10.1 Å². The Morgan fingerprint density at radius 3 is 2.57 bits per heavy atom. The number of fused-ring (bicyclic) bond motifs is 2. The summed E-state index contributed by atoms with van der Waals surface area (Å²) in [6.45, 7) is 4.02. The number of para-hydroxylation sites is 1. The summed E-state index contributed by atoms with van der Waals surface area (Å²) in [5, 5.41) is 3.47. The third kappa shape index (κ3) is 2.42. The van der Waals surface area contributed by atoms with Crippen LogP contribution in [0.1, 0.15) is 18.4 Å². The summed E-state index contributed by atoms with van der Waals surface area (Å²) in [4.78, 5) is 14.8. The summed E-state index contributed by atoms with van der Waals surface area (Å²) < 4.78 is 5.85. The lowest BCUT2D eigenvalue weighted by molar-refractivity contribution is -0.137. The first-order valence-corrected chi connectivity index (χ1v) is 8.05. The van der Waals surface area contributed by atoms with Gasteiger partial charge in [-0.15, -0.1) is 0 Å². The molecule has 3 heterocycles. The molecule has 1 amide bonds. The average molecular weight is 286 g/mol. The number of amides is 1. The second kappa shape index (κ2) is 5.34. The number of ether oxygens (including phenoxy) is 1. The van der Waals surface area contributed by atoms with Crippen LogP contribution >= 0.6 is 0 Å². The molecule has 3 aliphatic heterocycles. The van der Waals surface area contributed by atoms with Crippen LogP contribution in [-0.2, 0) is 11.2 Å². The van der Waals surface area contributed by atoms with Gasteiger partial charge in [0.2, 0.25) is 0 Å².